The maximum atomic E-state index is 14.0. The van der Waals surface area contributed by atoms with Crippen molar-refractivity contribution in [2.24, 2.45) is 0 Å². The van der Waals surface area contributed by atoms with Gasteiger partial charge in [0.15, 0.2) is 0 Å². The Balaban J connectivity index is 3.13. The van der Waals surface area contributed by atoms with Crippen molar-refractivity contribution in [3.05, 3.63) is 35.9 Å². The van der Waals surface area contributed by atoms with Crippen molar-refractivity contribution in [1.82, 2.24) is 0 Å². The fourth-order valence-corrected chi connectivity index (χ4v) is 1.63. The van der Waals surface area contributed by atoms with Gasteiger partial charge < -0.3 is 4.74 Å². The first-order chi connectivity index (χ1) is 14.1. The van der Waals surface area contributed by atoms with Crippen molar-refractivity contribution >= 4 is 5.97 Å². The molecular formula is C14H7F13O5. The molecule has 184 valence electrons. The van der Waals surface area contributed by atoms with Crippen LogP contribution >= 0.6 is 0 Å². The van der Waals surface area contributed by atoms with Crippen LogP contribution in [0, 0.1) is 0 Å². The van der Waals surface area contributed by atoms with Crippen molar-refractivity contribution in [3.63, 3.8) is 0 Å². The maximum absolute atomic E-state index is 14.0. The van der Waals surface area contributed by atoms with E-state index >= 15 is 0 Å². The number of benzene rings is 1. The van der Waals surface area contributed by atoms with E-state index in [1.165, 1.54) is 18.2 Å². The first-order valence-electron chi connectivity index (χ1n) is 7.39. The van der Waals surface area contributed by atoms with Gasteiger partial charge in [0.1, 0.15) is 6.61 Å². The molecule has 0 aliphatic carbocycles. The van der Waals surface area contributed by atoms with Crippen molar-refractivity contribution in [1.29, 1.82) is 0 Å². The smallest absolute Gasteiger partial charge is 0.456 e. The minimum Gasteiger partial charge on any atom is -0.456 e. The van der Waals surface area contributed by atoms with Gasteiger partial charge in [0, 0.05) is 0 Å². The average Bonchev–Trinajstić information content (AvgIpc) is 2.55. The summed E-state index contributed by atoms with van der Waals surface area (Å²) in [7, 11) is 0. The number of ether oxygens (including phenoxy) is 4. The van der Waals surface area contributed by atoms with Gasteiger partial charge in [0.2, 0.25) is 0 Å². The summed E-state index contributed by atoms with van der Waals surface area (Å²) in [4.78, 5) is 11.4. The molecule has 1 unspecified atom stereocenters. The largest absolute Gasteiger partial charge is 0.529 e. The number of alkyl halides is 13. The highest BCUT2D eigenvalue weighted by Crippen LogP contribution is 2.48. The van der Waals surface area contributed by atoms with Gasteiger partial charge in [-0.3, -0.25) is 4.74 Å². The Morgan fingerprint density at radius 1 is 0.688 bits per heavy atom. The van der Waals surface area contributed by atoms with Crippen LogP contribution < -0.4 is 0 Å². The quantitative estimate of drug-likeness (QED) is 0.262. The minimum absolute atomic E-state index is 0.144. The fraction of sp³-hybridized carbons (Fsp3) is 0.500. The Hall–Kier alpha value is -2.34. The standard InChI is InChI=1S/C14H7F13O5/c15-9(10(16,17)18,8(28)29-6-7-4-2-1-3-5-7)30-11(19,20)12(21,22)31-14(26,27)32-13(23,24)25/h1-5H,6H2. The molecule has 0 amide bonds. The van der Waals surface area contributed by atoms with Crippen LogP contribution in [-0.4, -0.2) is 42.9 Å². The number of esters is 1. The van der Waals surface area contributed by atoms with E-state index in [0.29, 0.717) is 0 Å². The minimum atomic E-state index is -7.12. The third-order valence-corrected chi connectivity index (χ3v) is 2.93. The number of rotatable bonds is 9. The molecule has 1 aromatic carbocycles. The first kappa shape index (κ1) is 27.7. The van der Waals surface area contributed by atoms with Crippen LogP contribution in [0.15, 0.2) is 30.3 Å². The van der Waals surface area contributed by atoms with Crippen LogP contribution in [0.3, 0.4) is 0 Å². The third-order valence-electron chi connectivity index (χ3n) is 2.93. The van der Waals surface area contributed by atoms with Crippen molar-refractivity contribution < 1.29 is 80.8 Å². The molecule has 0 saturated heterocycles. The van der Waals surface area contributed by atoms with E-state index in [4.69, 9.17) is 0 Å². The van der Waals surface area contributed by atoms with Gasteiger partial charge in [-0.25, -0.2) is 9.53 Å². The highest BCUT2D eigenvalue weighted by atomic mass is 19.4. The summed E-state index contributed by atoms with van der Waals surface area (Å²) in [5.74, 6) is -9.78. The van der Waals surface area contributed by atoms with Gasteiger partial charge in [-0.05, 0) is 5.56 Å². The molecule has 0 radical (unpaired) electrons. The van der Waals surface area contributed by atoms with Crippen LogP contribution in [0.4, 0.5) is 57.1 Å². The summed E-state index contributed by atoms with van der Waals surface area (Å²) >= 11 is 0. The zero-order valence-electron chi connectivity index (χ0n) is 14.5. The molecule has 0 aliphatic heterocycles. The molecule has 0 saturated carbocycles. The topological polar surface area (TPSA) is 54.0 Å². The predicted octanol–water partition coefficient (Wildman–Crippen LogP) is 5.26. The zero-order valence-corrected chi connectivity index (χ0v) is 14.5. The molecule has 18 heteroatoms. The molecule has 0 fully saturated rings. The van der Waals surface area contributed by atoms with E-state index in [0.717, 1.165) is 12.1 Å². The van der Waals surface area contributed by atoms with Gasteiger partial charge in [0.25, 0.3) is 0 Å². The van der Waals surface area contributed by atoms with E-state index in [2.05, 4.69) is 9.47 Å². The zero-order chi connectivity index (χ0) is 25.2. The summed E-state index contributed by atoms with van der Waals surface area (Å²) in [6.45, 7) is -1.22. The van der Waals surface area contributed by atoms with Crippen LogP contribution in [0.1, 0.15) is 5.56 Å². The number of carbonyl (C=O) groups is 1. The molecule has 1 rings (SSSR count). The summed E-state index contributed by atoms with van der Waals surface area (Å²) < 4.78 is 175. The van der Waals surface area contributed by atoms with Gasteiger partial charge >= 0.3 is 42.9 Å². The molecule has 0 aliphatic rings. The SMILES string of the molecule is O=C(OCc1ccccc1)C(F)(OC(F)(F)C(F)(F)OC(F)(F)OC(F)(F)F)C(F)(F)F. The molecule has 0 aromatic heterocycles. The maximum Gasteiger partial charge on any atom is 0.529 e. The van der Waals surface area contributed by atoms with Gasteiger partial charge in [0.05, 0.1) is 0 Å². The molecule has 1 aromatic rings. The molecule has 0 N–H and O–H groups in total. The lowest BCUT2D eigenvalue weighted by molar-refractivity contribution is -0.574. The van der Waals surface area contributed by atoms with Crippen molar-refractivity contribution in [2.45, 2.75) is 43.5 Å². The second-order valence-corrected chi connectivity index (χ2v) is 5.40. The molecule has 5 nitrogen and oxygen atoms in total. The molecule has 0 bridgehead atoms. The highest BCUT2D eigenvalue weighted by Gasteiger charge is 2.75. The Kier molecular flexibility index (Phi) is 7.69. The second kappa shape index (κ2) is 8.89. The van der Waals surface area contributed by atoms with Crippen molar-refractivity contribution in [3.8, 4) is 0 Å². The Morgan fingerprint density at radius 3 is 1.59 bits per heavy atom. The first-order valence-corrected chi connectivity index (χ1v) is 7.39. The molecule has 0 spiro atoms. The van der Waals surface area contributed by atoms with Gasteiger partial charge in [-0.2, -0.15) is 39.9 Å². The van der Waals surface area contributed by atoms with Crippen LogP contribution in [-0.2, 0) is 30.3 Å². The second-order valence-electron chi connectivity index (χ2n) is 5.40. The highest BCUT2D eigenvalue weighted by molar-refractivity contribution is 5.78. The Labute approximate surface area is 167 Å². The number of hydrogen-bond donors (Lipinski definition) is 0. The van der Waals surface area contributed by atoms with E-state index in [-0.39, 0.29) is 5.56 Å². The summed E-state index contributed by atoms with van der Waals surface area (Å²) in [6, 6.07) is 6.01. The van der Waals surface area contributed by atoms with Gasteiger partial charge in [-0.15, -0.1) is 22.0 Å². The Morgan fingerprint density at radius 2 is 1.16 bits per heavy atom. The van der Waals surface area contributed by atoms with Crippen LogP contribution in [0.5, 0.6) is 0 Å². The van der Waals surface area contributed by atoms with E-state index in [9.17, 15) is 61.9 Å². The molecular weight excluding hydrogens is 495 g/mol. The average molecular weight is 502 g/mol. The molecule has 1 atom stereocenters. The fourth-order valence-electron chi connectivity index (χ4n) is 1.63. The summed E-state index contributed by atoms with van der Waals surface area (Å²) in [5, 5.41) is 0. The third kappa shape index (κ3) is 7.09. The Bertz CT molecular complexity index is 777. The predicted molar refractivity (Wildman–Crippen MR) is 70.3 cm³/mol. The monoisotopic (exact) mass is 502 g/mol. The van der Waals surface area contributed by atoms with Crippen LogP contribution in [0.2, 0.25) is 0 Å². The summed E-state index contributed by atoms with van der Waals surface area (Å²) in [5.41, 5.74) is -0.144. The van der Waals surface area contributed by atoms with Crippen molar-refractivity contribution in [2.75, 3.05) is 0 Å². The lowest BCUT2D eigenvalue weighted by Crippen LogP contribution is -2.60. The normalized spacial score (nSPS) is 15.9. The molecule has 0 heterocycles. The lowest BCUT2D eigenvalue weighted by Gasteiger charge is -2.33. The van der Waals surface area contributed by atoms with E-state index in [1.807, 2.05) is 0 Å². The van der Waals surface area contributed by atoms with Gasteiger partial charge in [-0.1, -0.05) is 30.3 Å². The molecule has 32 heavy (non-hydrogen) atoms. The number of halogens is 13. The van der Waals surface area contributed by atoms with E-state index < -0.39 is 49.5 Å². The van der Waals surface area contributed by atoms with E-state index in [1.54, 1.807) is 9.47 Å². The summed E-state index contributed by atoms with van der Waals surface area (Å²) in [6.07, 6.45) is -34.2. The lowest BCUT2D eigenvalue weighted by atomic mass is 10.2. The van der Waals surface area contributed by atoms with Crippen LogP contribution in [0.25, 0.3) is 0 Å². The number of carbonyl (C=O) groups excluding carboxylic acids is 1. The number of hydrogen-bond acceptors (Lipinski definition) is 5.